The first-order valence-corrected chi connectivity index (χ1v) is 12.0. The Bertz CT molecular complexity index is 1120. The van der Waals surface area contributed by atoms with Gasteiger partial charge in [0.15, 0.2) is 0 Å². The quantitative estimate of drug-likeness (QED) is 0.367. The molecule has 184 valence electrons. The standard InChI is InChI=1S/C27H31N3O5/c1-4-33-27(32)30(23-14-24(15-23)34-17-31)16-20-7-9-21(10-8-20)25-28-26(35-29-25)22-11-5-19(6-12-22)13-18(2)3/h5-12,17-18,23-24H,4,13-16H2,1-3H3. The van der Waals surface area contributed by atoms with Gasteiger partial charge in [0.25, 0.3) is 12.4 Å². The average molecular weight is 478 g/mol. The lowest BCUT2D eigenvalue weighted by atomic mass is 9.87. The second kappa shape index (κ2) is 11.2. The molecule has 8 nitrogen and oxygen atoms in total. The number of hydrogen-bond donors (Lipinski definition) is 0. The summed E-state index contributed by atoms with van der Waals surface area (Å²) in [7, 11) is 0. The lowest BCUT2D eigenvalue weighted by molar-refractivity contribution is -0.140. The van der Waals surface area contributed by atoms with Gasteiger partial charge < -0.3 is 18.9 Å². The van der Waals surface area contributed by atoms with Crippen LogP contribution in [0.15, 0.2) is 53.1 Å². The van der Waals surface area contributed by atoms with Gasteiger partial charge in [0.1, 0.15) is 6.10 Å². The smallest absolute Gasteiger partial charge is 0.410 e. The van der Waals surface area contributed by atoms with E-state index in [9.17, 15) is 9.59 Å². The summed E-state index contributed by atoms with van der Waals surface area (Å²) in [6, 6.07) is 15.9. The Morgan fingerprint density at radius 1 is 1.09 bits per heavy atom. The number of carbonyl (C=O) groups is 2. The molecule has 0 spiro atoms. The highest BCUT2D eigenvalue weighted by Crippen LogP contribution is 2.30. The monoisotopic (exact) mass is 477 g/mol. The molecular weight excluding hydrogens is 446 g/mol. The van der Waals surface area contributed by atoms with Crippen LogP contribution in [0.4, 0.5) is 4.79 Å². The highest BCUT2D eigenvalue weighted by molar-refractivity contribution is 5.68. The van der Waals surface area contributed by atoms with E-state index >= 15 is 0 Å². The van der Waals surface area contributed by atoms with E-state index in [4.69, 9.17) is 14.0 Å². The van der Waals surface area contributed by atoms with E-state index in [2.05, 4.69) is 36.1 Å². The first-order chi connectivity index (χ1) is 17.0. The largest absolute Gasteiger partial charge is 0.464 e. The van der Waals surface area contributed by atoms with Crippen molar-refractivity contribution in [3.05, 3.63) is 59.7 Å². The maximum absolute atomic E-state index is 12.5. The molecule has 1 saturated carbocycles. The number of nitrogens with zero attached hydrogens (tertiary/aromatic N) is 3. The maximum atomic E-state index is 12.5. The summed E-state index contributed by atoms with van der Waals surface area (Å²) in [4.78, 5) is 29.3. The molecule has 0 radical (unpaired) electrons. The van der Waals surface area contributed by atoms with Gasteiger partial charge in [-0.05, 0) is 42.5 Å². The average Bonchev–Trinajstić information content (AvgIpc) is 3.31. The Labute approximate surface area is 205 Å². The van der Waals surface area contributed by atoms with Gasteiger partial charge in [0.05, 0.1) is 6.61 Å². The third kappa shape index (κ3) is 6.07. The molecule has 0 bridgehead atoms. The second-order valence-corrected chi connectivity index (χ2v) is 9.22. The van der Waals surface area contributed by atoms with Crippen LogP contribution in [0.25, 0.3) is 22.8 Å². The van der Waals surface area contributed by atoms with Gasteiger partial charge in [-0.25, -0.2) is 4.79 Å². The number of benzene rings is 2. The van der Waals surface area contributed by atoms with E-state index in [-0.39, 0.29) is 18.2 Å². The van der Waals surface area contributed by atoms with E-state index < -0.39 is 0 Å². The first kappa shape index (κ1) is 24.4. The van der Waals surface area contributed by atoms with Crippen LogP contribution in [-0.2, 0) is 27.2 Å². The molecule has 2 aromatic carbocycles. The third-order valence-corrected chi connectivity index (χ3v) is 6.10. The SMILES string of the molecule is CCOC(=O)N(Cc1ccc(-c2noc(-c3ccc(CC(C)C)cc3)n2)cc1)C1CC(OC=O)C1. The topological polar surface area (TPSA) is 94.8 Å². The normalized spacial score (nSPS) is 17.0. The zero-order chi connectivity index (χ0) is 24.8. The van der Waals surface area contributed by atoms with Crippen LogP contribution < -0.4 is 0 Å². The van der Waals surface area contributed by atoms with Crippen LogP contribution in [0.2, 0.25) is 0 Å². The number of ether oxygens (including phenoxy) is 2. The van der Waals surface area contributed by atoms with Crippen molar-refractivity contribution in [1.29, 1.82) is 0 Å². The summed E-state index contributed by atoms with van der Waals surface area (Å²) in [5.41, 5.74) is 3.94. The summed E-state index contributed by atoms with van der Waals surface area (Å²) in [5.74, 6) is 1.59. The van der Waals surface area contributed by atoms with Gasteiger partial charge in [0.2, 0.25) is 5.82 Å². The number of rotatable bonds is 10. The van der Waals surface area contributed by atoms with Crippen LogP contribution in [-0.4, -0.2) is 46.4 Å². The Hall–Kier alpha value is -3.68. The summed E-state index contributed by atoms with van der Waals surface area (Å²) >= 11 is 0. The van der Waals surface area contributed by atoms with Gasteiger partial charge in [-0.1, -0.05) is 55.4 Å². The van der Waals surface area contributed by atoms with Crippen molar-refractivity contribution in [1.82, 2.24) is 15.0 Å². The van der Waals surface area contributed by atoms with Crippen molar-refractivity contribution in [2.24, 2.45) is 5.92 Å². The fourth-order valence-corrected chi connectivity index (χ4v) is 4.20. The Kier molecular flexibility index (Phi) is 7.80. The van der Waals surface area contributed by atoms with Gasteiger partial charge >= 0.3 is 6.09 Å². The van der Waals surface area contributed by atoms with E-state index in [1.165, 1.54) is 5.56 Å². The van der Waals surface area contributed by atoms with E-state index in [0.29, 0.717) is 50.1 Å². The molecule has 0 aliphatic heterocycles. The van der Waals surface area contributed by atoms with Crippen molar-refractivity contribution < 1.29 is 23.6 Å². The first-order valence-electron chi connectivity index (χ1n) is 12.0. The van der Waals surface area contributed by atoms with Crippen LogP contribution in [0.3, 0.4) is 0 Å². The zero-order valence-electron chi connectivity index (χ0n) is 20.3. The third-order valence-electron chi connectivity index (χ3n) is 6.10. The molecule has 8 heteroatoms. The van der Waals surface area contributed by atoms with E-state index in [1.54, 1.807) is 11.8 Å². The van der Waals surface area contributed by atoms with Crippen molar-refractivity contribution in [3.63, 3.8) is 0 Å². The zero-order valence-corrected chi connectivity index (χ0v) is 20.3. The maximum Gasteiger partial charge on any atom is 0.410 e. The van der Waals surface area contributed by atoms with Crippen LogP contribution in [0.5, 0.6) is 0 Å². The number of carbonyl (C=O) groups excluding carboxylic acids is 2. The summed E-state index contributed by atoms with van der Waals surface area (Å²) in [6.45, 7) is 7.34. The van der Waals surface area contributed by atoms with Gasteiger partial charge in [-0.2, -0.15) is 4.98 Å². The predicted octanol–water partition coefficient (Wildman–Crippen LogP) is 5.26. The van der Waals surface area contributed by atoms with Crippen molar-refractivity contribution in [2.45, 2.75) is 58.7 Å². The van der Waals surface area contributed by atoms with Crippen LogP contribution in [0.1, 0.15) is 44.7 Å². The van der Waals surface area contributed by atoms with Crippen molar-refractivity contribution in [3.8, 4) is 22.8 Å². The molecule has 0 saturated heterocycles. The lowest BCUT2D eigenvalue weighted by Gasteiger charge is -2.41. The molecule has 4 rings (SSSR count). The summed E-state index contributed by atoms with van der Waals surface area (Å²) < 4.78 is 15.7. The molecular formula is C27H31N3O5. The van der Waals surface area contributed by atoms with Crippen molar-refractivity contribution in [2.75, 3.05) is 6.61 Å². The molecule has 1 amide bonds. The minimum atomic E-state index is -0.367. The minimum absolute atomic E-state index is 0.0228. The molecule has 0 N–H and O–H groups in total. The van der Waals surface area contributed by atoms with Crippen LogP contribution >= 0.6 is 0 Å². The van der Waals surface area contributed by atoms with Crippen molar-refractivity contribution >= 4 is 12.6 Å². The number of hydrogen-bond acceptors (Lipinski definition) is 7. The highest BCUT2D eigenvalue weighted by atomic mass is 16.6. The highest BCUT2D eigenvalue weighted by Gasteiger charge is 2.38. The molecule has 35 heavy (non-hydrogen) atoms. The predicted molar refractivity (Wildman–Crippen MR) is 130 cm³/mol. The van der Waals surface area contributed by atoms with E-state index in [1.807, 2.05) is 36.4 Å². The molecule has 1 aliphatic carbocycles. The van der Waals surface area contributed by atoms with Gasteiger partial charge in [-0.3, -0.25) is 4.79 Å². The second-order valence-electron chi connectivity index (χ2n) is 9.22. The number of amides is 1. The summed E-state index contributed by atoms with van der Waals surface area (Å²) in [5, 5.41) is 4.14. The van der Waals surface area contributed by atoms with Gasteiger partial charge in [0, 0.05) is 36.6 Å². The molecule has 3 aromatic rings. The molecule has 1 aromatic heterocycles. The molecule has 1 heterocycles. The summed E-state index contributed by atoms with van der Waals surface area (Å²) in [6.07, 6.45) is 1.74. The minimum Gasteiger partial charge on any atom is -0.464 e. The Morgan fingerprint density at radius 2 is 1.74 bits per heavy atom. The number of aromatic nitrogens is 2. The lowest BCUT2D eigenvalue weighted by Crippen LogP contribution is -2.50. The molecule has 0 atom stereocenters. The Morgan fingerprint density at radius 3 is 2.37 bits per heavy atom. The van der Waals surface area contributed by atoms with Crippen LogP contribution in [0, 0.1) is 5.92 Å². The fourth-order valence-electron chi connectivity index (χ4n) is 4.20. The molecule has 0 unspecified atom stereocenters. The molecule has 1 fully saturated rings. The molecule has 1 aliphatic rings. The van der Waals surface area contributed by atoms with E-state index in [0.717, 1.165) is 23.1 Å². The fraction of sp³-hybridized carbons (Fsp3) is 0.407. The Balaban J connectivity index is 1.42. The van der Waals surface area contributed by atoms with Gasteiger partial charge in [-0.15, -0.1) is 0 Å².